The Labute approximate surface area is 204 Å². The number of nitrogen functional groups attached to an aromatic ring is 1. The van der Waals surface area contributed by atoms with Gasteiger partial charge >= 0.3 is 0 Å². The minimum absolute atomic E-state index is 0.0953. The van der Waals surface area contributed by atoms with Gasteiger partial charge in [0.2, 0.25) is 5.91 Å². The van der Waals surface area contributed by atoms with Gasteiger partial charge in [-0.3, -0.25) is 4.79 Å². The summed E-state index contributed by atoms with van der Waals surface area (Å²) in [5.41, 5.74) is 9.04. The SMILES string of the molecule is CC1(c2ccc(O)cc2)C(=O)Nc2nc(-c3cn4ccnc4c(Cc4ccc(F)cc4)n3)nc(N)c21. The molecule has 178 valence electrons. The number of phenols is 1. The van der Waals surface area contributed by atoms with Crippen molar-refractivity contribution in [3.05, 3.63) is 95.3 Å². The first kappa shape index (κ1) is 21.7. The highest BCUT2D eigenvalue weighted by molar-refractivity contribution is 6.09. The molecule has 36 heavy (non-hydrogen) atoms. The molecule has 1 atom stereocenters. The number of rotatable bonds is 4. The minimum Gasteiger partial charge on any atom is -0.508 e. The first-order valence-corrected chi connectivity index (χ1v) is 11.2. The van der Waals surface area contributed by atoms with Gasteiger partial charge in [-0.05, 0) is 42.3 Å². The van der Waals surface area contributed by atoms with E-state index < -0.39 is 5.41 Å². The fourth-order valence-electron chi connectivity index (χ4n) is 4.61. The number of hydrogen-bond acceptors (Lipinski definition) is 7. The van der Waals surface area contributed by atoms with E-state index in [0.717, 1.165) is 5.56 Å². The number of amides is 1. The molecule has 2 aromatic carbocycles. The number of fused-ring (bicyclic) bond motifs is 2. The smallest absolute Gasteiger partial charge is 0.240 e. The zero-order chi connectivity index (χ0) is 25.0. The highest BCUT2D eigenvalue weighted by atomic mass is 19.1. The van der Waals surface area contributed by atoms with E-state index >= 15 is 0 Å². The second-order valence-corrected chi connectivity index (χ2v) is 8.82. The molecule has 0 fully saturated rings. The van der Waals surface area contributed by atoms with Crippen LogP contribution in [0.5, 0.6) is 5.75 Å². The summed E-state index contributed by atoms with van der Waals surface area (Å²) in [5, 5.41) is 12.5. The molecular formula is C26H20FN7O2. The van der Waals surface area contributed by atoms with Gasteiger partial charge in [0.1, 0.15) is 34.3 Å². The average molecular weight is 481 g/mol. The summed E-state index contributed by atoms with van der Waals surface area (Å²) < 4.78 is 15.2. The number of hydrogen-bond donors (Lipinski definition) is 3. The van der Waals surface area contributed by atoms with Crippen LogP contribution >= 0.6 is 0 Å². The lowest BCUT2D eigenvalue weighted by atomic mass is 9.78. The number of phenolic OH excluding ortho intramolecular Hbond substituents is 1. The van der Waals surface area contributed by atoms with E-state index in [2.05, 4.69) is 20.3 Å². The number of halogens is 1. The summed E-state index contributed by atoms with van der Waals surface area (Å²) in [4.78, 5) is 31.4. The van der Waals surface area contributed by atoms with Crippen LogP contribution in [0.4, 0.5) is 16.0 Å². The Morgan fingerprint density at radius 1 is 1.08 bits per heavy atom. The number of anilines is 2. The maximum Gasteiger partial charge on any atom is 0.240 e. The summed E-state index contributed by atoms with van der Waals surface area (Å²) in [6.07, 6.45) is 5.61. The van der Waals surface area contributed by atoms with E-state index in [1.165, 1.54) is 24.3 Å². The molecule has 0 bridgehead atoms. The van der Waals surface area contributed by atoms with Crippen molar-refractivity contribution in [3.63, 3.8) is 0 Å². The number of imidazole rings is 1. The molecule has 1 aliphatic rings. The average Bonchev–Trinajstić information content (AvgIpc) is 3.44. The van der Waals surface area contributed by atoms with Gasteiger partial charge in [-0.2, -0.15) is 0 Å². The number of nitrogens with one attached hydrogen (secondary N) is 1. The van der Waals surface area contributed by atoms with Crippen molar-refractivity contribution >= 4 is 23.2 Å². The number of benzene rings is 2. The highest BCUT2D eigenvalue weighted by Crippen LogP contribution is 2.45. The Morgan fingerprint density at radius 3 is 2.58 bits per heavy atom. The van der Waals surface area contributed by atoms with E-state index in [1.54, 1.807) is 49.8 Å². The summed E-state index contributed by atoms with van der Waals surface area (Å²) >= 11 is 0. The van der Waals surface area contributed by atoms with Crippen molar-refractivity contribution in [3.8, 4) is 17.3 Å². The molecule has 10 heteroatoms. The van der Waals surface area contributed by atoms with E-state index in [9.17, 15) is 14.3 Å². The zero-order valence-electron chi connectivity index (χ0n) is 19.1. The van der Waals surface area contributed by atoms with Gasteiger partial charge in [0.15, 0.2) is 11.5 Å². The van der Waals surface area contributed by atoms with Gasteiger partial charge in [0.25, 0.3) is 0 Å². The maximum atomic E-state index is 13.4. The van der Waals surface area contributed by atoms with Crippen LogP contribution in [0.2, 0.25) is 0 Å². The standard InChI is InChI=1S/C26H20FN7O2/c1-26(15-4-8-17(35)9-5-15)20-21(28)31-22(32-23(20)33-25(26)36)19-13-34-11-10-29-24(34)18(30-19)12-14-2-6-16(27)7-3-14/h2-11,13,35H,12H2,1H3,(H3,28,31,32,33,36). The first-order chi connectivity index (χ1) is 17.3. The molecule has 0 aliphatic carbocycles. The molecule has 4 heterocycles. The number of aromatic nitrogens is 5. The first-order valence-electron chi connectivity index (χ1n) is 11.2. The normalized spacial score (nSPS) is 16.8. The maximum absolute atomic E-state index is 13.4. The Morgan fingerprint density at radius 2 is 1.83 bits per heavy atom. The van der Waals surface area contributed by atoms with Gasteiger partial charge < -0.3 is 20.6 Å². The Kier molecular flexibility index (Phi) is 4.72. The number of aromatic hydroxyl groups is 1. The van der Waals surface area contributed by atoms with Crippen molar-refractivity contribution in [2.45, 2.75) is 18.8 Å². The number of carbonyl (C=O) groups excluding carboxylic acids is 1. The van der Waals surface area contributed by atoms with E-state index in [4.69, 9.17) is 10.7 Å². The molecule has 0 spiro atoms. The largest absolute Gasteiger partial charge is 0.508 e. The van der Waals surface area contributed by atoms with Crippen molar-refractivity contribution in [2.24, 2.45) is 0 Å². The molecule has 1 amide bonds. The van der Waals surface area contributed by atoms with Crippen molar-refractivity contribution < 1.29 is 14.3 Å². The molecule has 5 aromatic rings. The molecule has 0 saturated heterocycles. The molecule has 0 saturated carbocycles. The summed E-state index contributed by atoms with van der Waals surface area (Å²) in [5.74, 6) is 0.198. The van der Waals surface area contributed by atoms with E-state index in [1.807, 2.05) is 4.40 Å². The second kappa shape index (κ2) is 7.84. The fourth-order valence-corrected chi connectivity index (χ4v) is 4.61. The fraction of sp³-hybridized carbons (Fsp3) is 0.115. The van der Waals surface area contributed by atoms with Crippen LogP contribution < -0.4 is 11.1 Å². The van der Waals surface area contributed by atoms with Crippen molar-refractivity contribution in [1.29, 1.82) is 0 Å². The van der Waals surface area contributed by atoms with Crippen LogP contribution in [0.1, 0.15) is 29.3 Å². The molecule has 3 aromatic heterocycles. The monoisotopic (exact) mass is 481 g/mol. The van der Waals surface area contributed by atoms with Crippen molar-refractivity contribution in [1.82, 2.24) is 24.3 Å². The van der Waals surface area contributed by atoms with Crippen LogP contribution in [0, 0.1) is 5.82 Å². The third-order valence-electron chi connectivity index (χ3n) is 6.53. The van der Waals surface area contributed by atoms with Crippen LogP contribution in [-0.2, 0) is 16.6 Å². The highest BCUT2D eigenvalue weighted by Gasteiger charge is 2.47. The minimum atomic E-state index is -1.12. The quantitative estimate of drug-likeness (QED) is 0.358. The molecule has 9 nitrogen and oxygen atoms in total. The third-order valence-corrected chi connectivity index (χ3v) is 6.53. The predicted molar refractivity (Wildman–Crippen MR) is 131 cm³/mol. The van der Waals surface area contributed by atoms with E-state index in [-0.39, 0.29) is 29.1 Å². The Bertz CT molecular complexity index is 1650. The third kappa shape index (κ3) is 3.34. The molecular weight excluding hydrogens is 461 g/mol. The molecule has 6 rings (SSSR count). The van der Waals surface area contributed by atoms with E-state index in [0.29, 0.717) is 40.4 Å². The molecule has 0 radical (unpaired) electrons. The van der Waals surface area contributed by atoms with Gasteiger partial charge in [-0.15, -0.1) is 0 Å². The zero-order valence-corrected chi connectivity index (χ0v) is 19.1. The van der Waals surface area contributed by atoms with Gasteiger partial charge in [0.05, 0.1) is 11.3 Å². The topological polar surface area (TPSA) is 131 Å². The summed E-state index contributed by atoms with van der Waals surface area (Å²) in [6, 6.07) is 12.6. The summed E-state index contributed by atoms with van der Waals surface area (Å²) in [7, 11) is 0. The van der Waals surface area contributed by atoms with Crippen LogP contribution in [-0.4, -0.2) is 35.4 Å². The molecule has 4 N–H and O–H groups in total. The van der Waals surface area contributed by atoms with Crippen molar-refractivity contribution in [2.75, 3.05) is 11.1 Å². The molecule has 1 unspecified atom stereocenters. The predicted octanol–water partition coefficient (Wildman–Crippen LogP) is 3.46. The lowest BCUT2D eigenvalue weighted by Gasteiger charge is -2.23. The summed E-state index contributed by atoms with van der Waals surface area (Å²) in [6.45, 7) is 1.75. The second-order valence-electron chi connectivity index (χ2n) is 8.82. The van der Waals surface area contributed by atoms with Crippen LogP contribution in [0.15, 0.2) is 67.1 Å². The number of nitrogens with two attached hydrogens (primary N) is 1. The van der Waals surface area contributed by atoms with Gasteiger partial charge in [-0.1, -0.05) is 24.3 Å². The van der Waals surface area contributed by atoms with Gasteiger partial charge in [0, 0.05) is 25.0 Å². The van der Waals surface area contributed by atoms with Gasteiger partial charge in [-0.25, -0.2) is 24.3 Å². The number of nitrogens with zero attached hydrogens (tertiary/aromatic N) is 5. The Balaban J connectivity index is 1.45. The van der Waals surface area contributed by atoms with Crippen LogP contribution in [0.3, 0.4) is 0 Å². The molecule has 1 aliphatic heterocycles. The Hall–Kier alpha value is -4.86. The van der Waals surface area contributed by atoms with Crippen LogP contribution in [0.25, 0.3) is 17.2 Å². The lowest BCUT2D eigenvalue weighted by Crippen LogP contribution is -2.32. The lowest BCUT2D eigenvalue weighted by molar-refractivity contribution is -0.119. The number of carbonyl (C=O) groups is 1.